The Morgan fingerprint density at radius 3 is 2.28 bits per heavy atom. The number of nitrogens with one attached hydrogen (secondary N) is 1. The first kappa shape index (κ1) is 29.5. The molecule has 2 aromatic carbocycles. The molecule has 0 heterocycles. The first-order valence-corrected chi connectivity index (χ1v) is 14.2. The maximum atomic E-state index is 13.4. The molecule has 0 saturated heterocycles. The number of rotatable bonds is 13. The van der Waals surface area contributed by atoms with Crippen LogP contribution in [0.5, 0.6) is 5.75 Å². The Morgan fingerprint density at radius 2 is 1.72 bits per heavy atom. The molecule has 0 aliphatic carbocycles. The number of hydrogen-bond donors (Lipinski definition) is 1. The van der Waals surface area contributed by atoms with Crippen molar-refractivity contribution in [1.82, 2.24) is 10.2 Å². The van der Waals surface area contributed by atoms with Crippen molar-refractivity contribution in [3.63, 3.8) is 0 Å². The zero-order chi connectivity index (χ0) is 26.9. The number of sulfonamides is 1. The third-order valence-corrected chi connectivity index (χ3v) is 7.02. The minimum Gasteiger partial charge on any atom is -0.495 e. The van der Waals surface area contributed by atoms with Gasteiger partial charge in [-0.3, -0.25) is 13.9 Å². The van der Waals surface area contributed by atoms with E-state index in [1.807, 2.05) is 32.9 Å². The lowest BCUT2D eigenvalue weighted by Crippen LogP contribution is -2.50. The van der Waals surface area contributed by atoms with Gasteiger partial charge in [0.1, 0.15) is 11.8 Å². The van der Waals surface area contributed by atoms with Gasteiger partial charge in [-0.25, -0.2) is 8.42 Å². The first-order chi connectivity index (χ1) is 17.0. The molecule has 2 aromatic rings. The predicted molar refractivity (Wildman–Crippen MR) is 144 cm³/mol. The average Bonchev–Trinajstić information content (AvgIpc) is 2.81. The lowest BCUT2D eigenvalue weighted by Gasteiger charge is -2.31. The largest absolute Gasteiger partial charge is 0.495 e. The molecule has 0 aliphatic heterocycles. The maximum Gasteiger partial charge on any atom is 0.243 e. The highest BCUT2D eigenvalue weighted by Gasteiger charge is 2.29. The Labute approximate surface area is 219 Å². The summed E-state index contributed by atoms with van der Waals surface area (Å²) in [4.78, 5) is 27.9. The molecule has 0 aliphatic rings. The van der Waals surface area contributed by atoms with Crippen molar-refractivity contribution in [2.75, 3.05) is 24.2 Å². The first-order valence-electron chi connectivity index (χ1n) is 11.9. The number of benzene rings is 2. The number of nitrogens with zero attached hydrogens (tertiary/aromatic N) is 2. The molecule has 8 nitrogen and oxygen atoms in total. The SMILES string of the molecule is CC[C@H](C(=O)NC(C)C)N(Cc1ccc(Cl)cc1)C(=O)CCCN(c1ccccc1OC)S(C)(=O)=O. The monoisotopic (exact) mass is 537 g/mol. The van der Waals surface area contributed by atoms with Crippen molar-refractivity contribution in [2.24, 2.45) is 0 Å². The standard InChI is InChI=1S/C26H36ClN3O5S/c1-6-22(26(32)28-19(2)3)29(18-20-13-15-21(27)16-14-20)25(31)12-9-17-30(36(5,33)34)23-10-7-8-11-24(23)35-4/h7-8,10-11,13-16,19,22H,6,9,12,17-18H2,1-5H3,(H,28,32)/t22-/m1/s1. The molecule has 2 rings (SSSR count). The molecule has 198 valence electrons. The lowest BCUT2D eigenvalue weighted by molar-refractivity contribution is -0.141. The number of anilines is 1. The molecule has 0 bridgehead atoms. The number of methoxy groups -OCH3 is 1. The van der Waals surface area contributed by atoms with E-state index in [1.165, 1.54) is 11.4 Å². The summed E-state index contributed by atoms with van der Waals surface area (Å²) in [5.74, 6) is -0.0270. The van der Waals surface area contributed by atoms with E-state index in [9.17, 15) is 18.0 Å². The average molecular weight is 538 g/mol. The second kappa shape index (κ2) is 13.5. The van der Waals surface area contributed by atoms with E-state index in [2.05, 4.69) is 5.32 Å². The van der Waals surface area contributed by atoms with Crippen molar-refractivity contribution >= 4 is 39.1 Å². The molecule has 0 spiro atoms. The van der Waals surface area contributed by atoms with E-state index in [0.29, 0.717) is 22.9 Å². The van der Waals surface area contributed by atoms with Gasteiger partial charge in [0.05, 0.1) is 19.1 Å². The van der Waals surface area contributed by atoms with Crippen LogP contribution in [0.25, 0.3) is 0 Å². The van der Waals surface area contributed by atoms with Crippen LogP contribution < -0.4 is 14.4 Å². The van der Waals surface area contributed by atoms with Gasteiger partial charge in [0.2, 0.25) is 21.8 Å². The molecule has 1 atom stereocenters. The van der Waals surface area contributed by atoms with Gasteiger partial charge in [-0.1, -0.05) is 42.8 Å². The topological polar surface area (TPSA) is 96.0 Å². The maximum absolute atomic E-state index is 13.4. The molecule has 2 amide bonds. The number of hydrogen-bond acceptors (Lipinski definition) is 5. The Hall–Kier alpha value is -2.78. The molecular weight excluding hydrogens is 502 g/mol. The molecule has 10 heteroatoms. The number of carbonyl (C=O) groups is 2. The number of halogens is 1. The Morgan fingerprint density at radius 1 is 1.08 bits per heavy atom. The number of ether oxygens (including phenoxy) is 1. The zero-order valence-corrected chi connectivity index (χ0v) is 23.1. The van der Waals surface area contributed by atoms with Crippen LogP contribution in [0.2, 0.25) is 5.02 Å². The second-order valence-corrected chi connectivity index (χ2v) is 11.2. The van der Waals surface area contributed by atoms with Crippen LogP contribution in [0.4, 0.5) is 5.69 Å². The van der Waals surface area contributed by atoms with Gasteiger partial charge < -0.3 is 15.0 Å². The molecule has 0 aromatic heterocycles. The van der Waals surface area contributed by atoms with Crippen LogP contribution in [0.1, 0.15) is 45.6 Å². The normalized spacial score (nSPS) is 12.2. The summed E-state index contributed by atoms with van der Waals surface area (Å²) >= 11 is 6.01. The van der Waals surface area contributed by atoms with Crippen LogP contribution in [-0.2, 0) is 26.2 Å². The van der Waals surface area contributed by atoms with Crippen LogP contribution in [0, 0.1) is 0 Å². The lowest BCUT2D eigenvalue weighted by atomic mass is 10.1. The summed E-state index contributed by atoms with van der Waals surface area (Å²) in [5, 5.41) is 3.48. The summed E-state index contributed by atoms with van der Waals surface area (Å²) in [5.41, 5.74) is 1.26. The Balaban J connectivity index is 2.24. The molecule has 0 radical (unpaired) electrons. The highest BCUT2D eigenvalue weighted by atomic mass is 35.5. The van der Waals surface area contributed by atoms with Gasteiger partial charge in [0.15, 0.2) is 0 Å². The van der Waals surface area contributed by atoms with Crippen LogP contribution in [0.3, 0.4) is 0 Å². The third kappa shape index (κ3) is 8.41. The molecule has 1 N–H and O–H groups in total. The molecule has 36 heavy (non-hydrogen) atoms. The van der Waals surface area contributed by atoms with E-state index in [1.54, 1.807) is 41.3 Å². The van der Waals surface area contributed by atoms with Crippen molar-refractivity contribution in [3.8, 4) is 5.75 Å². The summed E-state index contributed by atoms with van der Waals surface area (Å²) in [6.07, 6.45) is 1.90. The minimum absolute atomic E-state index is 0.0665. The van der Waals surface area contributed by atoms with Gasteiger partial charge in [-0.15, -0.1) is 0 Å². The highest BCUT2D eigenvalue weighted by molar-refractivity contribution is 7.92. The molecule has 0 unspecified atom stereocenters. The smallest absolute Gasteiger partial charge is 0.243 e. The highest BCUT2D eigenvalue weighted by Crippen LogP contribution is 2.30. The van der Waals surface area contributed by atoms with Crippen molar-refractivity contribution in [3.05, 3.63) is 59.1 Å². The quantitative estimate of drug-likeness (QED) is 0.412. The van der Waals surface area contributed by atoms with Gasteiger partial charge in [0.25, 0.3) is 0 Å². The summed E-state index contributed by atoms with van der Waals surface area (Å²) in [6.45, 7) is 5.93. The summed E-state index contributed by atoms with van der Waals surface area (Å²) < 4.78 is 31.6. The van der Waals surface area contributed by atoms with Crippen LogP contribution >= 0.6 is 11.6 Å². The molecule has 0 saturated carbocycles. The fourth-order valence-electron chi connectivity index (χ4n) is 3.90. The van der Waals surface area contributed by atoms with Crippen molar-refractivity contribution < 1.29 is 22.7 Å². The molecular formula is C26H36ClN3O5S. The Kier molecular flexibility index (Phi) is 11.0. The Bertz CT molecular complexity index is 1120. The van der Waals surface area contributed by atoms with E-state index >= 15 is 0 Å². The number of para-hydroxylation sites is 2. The van der Waals surface area contributed by atoms with Gasteiger partial charge in [-0.05, 0) is 56.5 Å². The number of carbonyl (C=O) groups excluding carboxylic acids is 2. The fraction of sp³-hybridized carbons (Fsp3) is 0.462. The van der Waals surface area contributed by atoms with Gasteiger partial charge >= 0.3 is 0 Å². The minimum atomic E-state index is -3.62. The zero-order valence-electron chi connectivity index (χ0n) is 21.5. The van der Waals surface area contributed by atoms with Crippen molar-refractivity contribution in [1.29, 1.82) is 0 Å². The van der Waals surface area contributed by atoms with Crippen LogP contribution in [-0.4, -0.2) is 57.1 Å². The van der Waals surface area contributed by atoms with E-state index in [0.717, 1.165) is 11.8 Å². The van der Waals surface area contributed by atoms with Crippen molar-refractivity contribution in [2.45, 2.75) is 58.7 Å². The summed E-state index contributed by atoms with van der Waals surface area (Å²) in [7, 11) is -2.14. The fourth-order valence-corrected chi connectivity index (χ4v) is 5.00. The third-order valence-electron chi connectivity index (χ3n) is 5.59. The van der Waals surface area contributed by atoms with Gasteiger partial charge in [0, 0.05) is 30.6 Å². The van der Waals surface area contributed by atoms with E-state index in [4.69, 9.17) is 16.3 Å². The second-order valence-electron chi connectivity index (χ2n) is 8.85. The van der Waals surface area contributed by atoms with E-state index in [-0.39, 0.29) is 43.8 Å². The number of amides is 2. The van der Waals surface area contributed by atoms with Gasteiger partial charge in [-0.2, -0.15) is 0 Å². The van der Waals surface area contributed by atoms with Crippen LogP contribution in [0.15, 0.2) is 48.5 Å². The predicted octanol–water partition coefficient (Wildman–Crippen LogP) is 4.23. The molecule has 0 fully saturated rings. The van der Waals surface area contributed by atoms with E-state index < -0.39 is 16.1 Å². The summed E-state index contributed by atoms with van der Waals surface area (Å²) in [6, 6.07) is 13.2.